The van der Waals surface area contributed by atoms with Gasteiger partial charge in [-0.15, -0.1) is 0 Å². The van der Waals surface area contributed by atoms with Crippen LogP contribution in [0, 0.1) is 0 Å². The molecule has 5 heteroatoms. The fraction of sp³-hybridized carbons (Fsp3) is 0.667. The summed E-state index contributed by atoms with van der Waals surface area (Å²) in [6, 6.07) is 6.01. The second-order valence-corrected chi connectivity index (χ2v) is 7.40. The van der Waals surface area contributed by atoms with Crippen LogP contribution >= 0.6 is 23.2 Å². The Hall–Kier alpha value is -0.320. The standard InChI is InChI=1S/C18H25Cl2NO2/c1-13(23-16-5-3-9-22-12-16)21-8-2-4-15(11-21)14-6-7-17(19)18(20)10-14/h6-7,10,13,15-16H,2-5,8-9,11-12H2,1H3. The van der Waals surface area contributed by atoms with Crippen LogP contribution in [0.15, 0.2) is 18.2 Å². The van der Waals surface area contributed by atoms with Crippen LogP contribution in [0.4, 0.5) is 0 Å². The van der Waals surface area contributed by atoms with E-state index in [4.69, 9.17) is 32.7 Å². The molecule has 3 rings (SSSR count). The van der Waals surface area contributed by atoms with E-state index in [1.54, 1.807) is 0 Å². The molecule has 23 heavy (non-hydrogen) atoms. The van der Waals surface area contributed by atoms with Gasteiger partial charge in [-0.3, -0.25) is 4.90 Å². The van der Waals surface area contributed by atoms with Crippen LogP contribution in [0.5, 0.6) is 0 Å². The Morgan fingerprint density at radius 2 is 2.09 bits per heavy atom. The molecule has 0 amide bonds. The quantitative estimate of drug-likeness (QED) is 0.778. The highest BCUT2D eigenvalue weighted by atomic mass is 35.5. The molecule has 1 aromatic carbocycles. The van der Waals surface area contributed by atoms with Gasteiger partial charge in [-0.25, -0.2) is 0 Å². The lowest BCUT2D eigenvalue weighted by Gasteiger charge is -2.38. The van der Waals surface area contributed by atoms with Crippen molar-refractivity contribution in [3.63, 3.8) is 0 Å². The van der Waals surface area contributed by atoms with Gasteiger partial charge >= 0.3 is 0 Å². The van der Waals surface area contributed by atoms with Crippen molar-refractivity contribution in [1.82, 2.24) is 4.90 Å². The zero-order valence-corrected chi connectivity index (χ0v) is 15.2. The summed E-state index contributed by atoms with van der Waals surface area (Å²) in [5.74, 6) is 0.493. The maximum Gasteiger partial charge on any atom is 0.108 e. The molecule has 2 saturated heterocycles. The van der Waals surface area contributed by atoms with E-state index in [0.717, 1.165) is 39.1 Å². The molecule has 0 aromatic heterocycles. The number of likely N-dealkylation sites (tertiary alicyclic amines) is 1. The van der Waals surface area contributed by atoms with Crippen molar-refractivity contribution in [2.75, 3.05) is 26.3 Å². The van der Waals surface area contributed by atoms with Crippen molar-refractivity contribution < 1.29 is 9.47 Å². The van der Waals surface area contributed by atoms with Gasteiger partial charge in [0, 0.05) is 19.7 Å². The first-order valence-corrected chi connectivity index (χ1v) is 9.31. The molecule has 2 fully saturated rings. The molecule has 3 nitrogen and oxygen atoms in total. The zero-order valence-electron chi connectivity index (χ0n) is 13.6. The third kappa shape index (κ3) is 4.61. The van der Waals surface area contributed by atoms with E-state index < -0.39 is 0 Å². The van der Waals surface area contributed by atoms with Crippen molar-refractivity contribution >= 4 is 23.2 Å². The Balaban J connectivity index is 1.59. The summed E-state index contributed by atoms with van der Waals surface area (Å²) < 4.78 is 11.7. The monoisotopic (exact) mass is 357 g/mol. The van der Waals surface area contributed by atoms with Gasteiger partial charge in [-0.05, 0) is 56.2 Å². The van der Waals surface area contributed by atoms with E-state index >= 15 is 0 Å². The van der Waals surface area contributed by atoms with Crippen molar-refractivity contribution in [2.45, 2.75) is 50.9 Å². The minimum Gasteiger partial charge on any atom is -0.379 e. The molecular formula is C18H25Cl2NO2. The molecule has 128 valence electrons. The normalized spacial score (nSPS) is 27.8. The van der Waals surface area contributed by atoms with E-state index in [9.17, 15) is 0 Å². The number of nitrogens with zero attached hydrogens (tertiary/aromatic N) is 1. The number of ether oxygens (including phenoxy) is 2. The molecule has 2 heterocycles. The Bertz CT molecular complexity index is 520. The van der Waals surface area contributed by atoms with Gasteiger partial charge in [0.2, 0.25) is 0 Å². The first kappa shape index (κ1) is 17.5. The lowest BCUT2D eigenvalue weighted by atomic mass is 9.90. The number of rotatable bonds is 4. The van der Waals surface area contributed by atoms with Crippen molar-refractivity contribution in [1.29, 1.82) is 0 Å². The minimum atomic E-state index is 0.132. The fourth-order valence-corrected chi connectivity index (χ4v) is 3.86. The number of hydrogen-bond donors (Lipinski definition) is 0. The minimum absolute atomic E-state index is 0.132. The van der Waals surface area contributed by atoms with Crippen molar-refractivity contribution in [3.8, 4) is 0 Å². The van der Waals surface area contributed by atoms with Gasteiger partial charge in [0.15, 0.2) is 0 Å². The number of piperidine rings is 1. The summed E-state index contributed by atoms with van der Waals surface area (Å²) in [6.07, 6.45) is 4.95. The maximum absolute atomic E-state index is 6.21. The van der Waals surface area contributed by atoms with Crippen LogP contribution in [0.25, 0.3) is 0 Å². The molecule has 0 spiro atoms. The molecule has 0 saturated carbocycles. The summed E-state index contributed by atoms with van der Waals surface area (Å²) in [5.41, 5.74) is 1.28. The lowest BCUT2D eigenvalue weighted by molar-refractivity contribution is -0.134. The predicted octanol–water partition coefficient (Wildman–Crippen LogP) is 4.71. The van der Waals surface area contributed by atoms with Gasteiger partial charge in [0.05, 0.1) is 22.8 Å². The first-order valence-electron chi connectivity index (χ1n) is 8.55. The molecule has 0 aliphatic carbocycles. The molecule has 3 unspecified atom stereocenters. The molecule has 0 bridgehead atoms. The third-order valence-corrected chi connectivity index (χ3v) is 5.63. The summed E-state index contributed by atoms with van der Waals surface area (Å²) in [4.78, 5) is 2.44. The Morgan fingerprint density at radius 3 is 2.83 bits per heavy atom. The second kappa shape index (κ2) is 8.17. The molecule has 0 N–H and O–H groups in total. The topological polar surface area (TPSA) is 21.7 Å². The van der Waals surface area contributed by atoms with Crippen LogP contribution in [0.3, 0.4) is 0 Å². The van der Waals surface area contributed by atoms with Crippen LogP contribution in [0.1, 0.15) is 44.1 Å². The van der Waals surface area contributed by atoms with Crippen molar-refractivity contribution in [2.24, 2.45) is 0 Å². The van der Waals surface area contributed by atoms with E-state index in [-0.39, 0.29) is 12.3 Å². The van der Waals surface area contributed by atoms with Gasteiger partial charge in [-0.1, -0.05) is 29.3 Å². The zero-order chi connectivity index (χ0) is 16.2. The smallest absolute Gasteiger partial charge is 0.108 e. The first-order chi connectivity index (χ1) is 11.1. The largest absolute Gasteiger partial charge is 0.379 e. The number of halogens is 2. The summed E-state index contributed by atoms with van der Waals surface area (Å²) in [5, 5.41) is 1.27. The van der Waals surface area contributed by atoms with E-state index in [2.05, 4.69) is 17.9 Å². The average molecular weight is 358 g/mol. The highest BCUT2D eigenvalue weighted by Gasteiger charge is 2.27. The Kier molecular flexibility index (Phi) is 6.22. The summed E-state index contributed by atoms with van der Waals surface area (Å²) in [6.45, 7) is 5.86. The fourth-order valence-electron chi connectivity index (χ4n) is 3.56. The van der Waals surface area contributed by atoms with Crippen LogP contribution < -0.4 is 0 Å². The van der Waals surface area contributed by atoms with Gasteiger partial charge in [-0.2, -0.15) is 0 Å². The molecule has 2 aliphatic rings. The van der Waals surface area contributed by atoms with Crippen molar-refractivity contribution in [3.05, 3.63) is 33.8 Å². The van der Waals surface area contributed by atoms with Crippen LogP contribution in [0.2, 0.25) is 10.0 Å². The molecular weight excluding hydrogens is 333 g/mol. The van der Waals surface area contributed by atoms with E-state index in [1.807, 2.05) is 12.1 Å². The lowest BCUT2D eigenvalue weighted by Crippen LogP contribution is -2.44. The molecule has 1 aromatic rings. The van der Waals surface area contributed by atoms with Gasteiger partial charge in [0.25, 0.3) is 0 Å². The van der Waals surface area contributed by atoms with Crippen LogP contribution in [-0.4, -0.2) is 43.5 Å². The highest BCUT2D eigenvalue weighted by molar-refractivity contribution is 6.42. The number of hydrogen-bond acceptors (Lipinski definition) is 3. The number of benzene rings is 1. The highest BCUT2D eigenvalue weighted by Crippen LogP contribution is 2.32. The van der Waals surface area contributed by atoms with Crippen LogP contribution in [-0.2, 0) is 9.47 Å². The molecule has 2 aliphatic heterocycles. The third-order valence-electron chi connectivity index (χ3n) is 4.89. The predicted molar refractivity (Wildman–Crippen MR) is 94.4 cm³/mol. The average Bonchev–Trinajstić information content (AvgIpc) is 2.58. The summed E-state index contributed by atoms with van der Waals surface area (Å²) in [7, 11) is 0. The maximum atomic E-state index is 6.21. The SMILES string of the molecule is CC(OC1CCCOC1)N1CCCC(c2ccc(Cl)c(Cl)c2)C1. The Labute approximate surface area is 148 Å². The van der Waals surface area contributed by atoms with Gasteiger partial charge < -0.3 is 9.47 Å². The van der Waals surface area contributed by atoms with Gasteiger partial charge in [0.1, 0.15) is 6.23 Å². The summed E-state index contributed by atoms with van der Waals surface area (Å²) >= 11 is 12.2. The second-order valence-electron chi connectivity index (χ2n) is 6.58. The molecule has 0 radical (unpaired) electrons. The Morgan fingerprint density at radius 1 is 1.22 bits per heavy atom. The molecule has 3 atom stereocenters. The van der Waals surface area contributed by atoms with E-state index in [0.29, 0.717) is 16.0 Å². The van der Waals surface area contributed by atoms with E-state index in [1.165, 1.54) is 18.4 Å².